The first-order valence-corrected chi connectivity index (χ1v) is 21.3. The van der Waals surface area contributed by atoms with E-state index in [1.54, 1.807) is 0 Å². The lowest BCUT2D eigenvalue weighted by Crippen LogP contribution is -2.61. The first-order valence-electron chi connectivity index (χ1n) is 21.3. The van der Waals surface area contributed by atoms with Crippen molar-refractivity contribution in [3.8, 4) is 34.1 Å². The van der Waals surface area contributed by atoms with Gasteiger partial charge >= 0.3 is 0 Å². The van der Waals surface area contributed by atoms with Gasteiger partial charge in [-0.2, -0.15) is 0 Å². The molecule has 0 saturated heterocycles. The molecule has 2 aromatic heterocycles. The van der Waals surface area contributed by atoms with E-state index in [0.717, 1.165) is 102 Å². The summed E-state index contributed by atoms with van der Waals surface area (Å²) in [4.78, 5) is 4.88. The number of furan rings is 2. The number of nitrogens with zero attached hydrogens (tertiary/aromatic N) is 2. The van der Waals surface area contributed by atoms with Crippen molar-refractivity contribution < 1.29 is 18.3 Å². The van der Waals surface area contributed by atoms with E-state index in [9.17, 15) is 0 Å². The van der Waals surface area contributed by atoms with E-state index < -0.39 is 0 Å². The fourth-order valence-electron chi connectivity index (χ4n) is 9.69. The minimum atomic E-state index is -0.0667. The Labute approximate surface area is 355 Å². The van der Waals surface area contributed by atoms with Crippen LogP contribution in [0.5, 0.6) is 11.5 Å². The zero-order valence-corrected chi connectivity index (χ0v) is 34.7. The lowest BCUT2D eigenvalue weighted by molar-refractivity contribution is 0.297. The molecule has 0 radical (unpaired) electrons. The molecule has 0 saturated carbocycles. The smallest absolute Gasteiger partial charge is 0.252 e. The second-order valence-corrected chi connectivity index (χ2v) is 17.6. The van der Waals surface area contributed by atoms with Crippen molar-refractivity contribution in [2.45, 2.75) is 39.5 Å². The Bertz CT molecular complexity index is 3160. The first-order chi connectivity index (χ1) is 29.8. The molecule has 0 N–H and O–H groups in total. The number of anilines is 6. The van der Waals surface area contributed by atoms with Crippen molar-refractivity contribution in [1.82, 2.24) is 0 Å². The van der Waals surface area contributed by atoms with E-state index in [1.807, 2.05) is 30.3 Å². The number of benzene rings is 7. The molecule has 7 heteroatoms. The minimum Gasteiger partial charge on any atom is -0.489 e. The molecule has 0 spiro atoms. The summed E-state index contributed by atoms with van der Waals surface area (Å²) in [6.45, 7) is 10.3. The van der Waals surface area contributed by atoms with Crippen LogP contribution in [0, 0.1) is 6.92 Å². The highest BCUT2D eigenvalue weighted by molar-refractivity contribution is 7.00. The maximum atomic E-state index is 6.57. The van der Waals surface area contributed by atoms with Gasteiger partial charge < -0.3 is 28.1 Å². The Morgan fingerprint density at radius 1 is 0.525 bits per heavy atom. The molecule has 0 amide bonds. The second-order valence-electron chi connectivity index (χ2n) is 17.6. The van der Waals surface area contributed by atoms with E-state index in [1.165, 1.54) is 22.0 Å². The number of hydrogen-bond donors (Lipinski definition) is 0. The zero-order valence-electron chi connectivity index (χ0n) is 34.7. The van der Waals surface area contributed by atoms with Crippen molar-refractivity contribution in [3.63, 3.8) is 0 Å². The summed E-state index contributed by atoms with van der Waals surface area (Å²) in [5, 5.41) is 2.17. The van der Waals surface area contributed by atoms with Crippen LogP contribution in [0.3, 0.4) is 0 Å². The number of rotatable bonds is 4. The molecule has 0 aliphatic carbocycles. The average Bonchev–Trinajstić information content (AvgIpc) is 3.83. The van der Waals surface area contributed by atoms with Crippen LogP contribution >= 0.6 is 0 Å². The van der Waals surface area contributed by atoms with Crippen LogP contribution in [0.1, 0.15) is 38.3 Å². The van der Waals surface area contributed by atoms with Crippen LogP contribution in [0.4, 0.5) is 34.1 Å². The molecular formula is C54H43BN2O4. The third-order valence-electron chi connectivity index (χ3n) is 12.6. The molecular weight excluding hydrogens is 751 g/mol. The van der Waals surface area contributed by atoms with E-state index in [0.29, 0.717) is 13.2 Å². The van der Waals surface area contributed by atoms with Gasteiger partial charge in [0, 0.05) is 56.8 Å². The van der Waals surface area contributed by atoms with E-state index in [4.69, 9.17) is 18.3 Å². The Balaban J connectivity index is 1.14. The molecule has 6 nitrogen and oxygen atoms in total. The summed E-state index contributed by atoms with van der Waals surface area (Å²) in [6, 6.07) is 54.5. The number of fused-ring (bicyclic) bond motifs is 7. The van der Waals surface area contributed by atoms with Gasteiger partial charge in [0.05, 0.1) is 18.9 Å². The monoisotopic (exact) mass is 794 g/mol. The van der Waals surface area contributed by atoms with Gasteiger partial charge in [-0.25, -0.2) is 0 Å². The van der Waals surface area contributed by atoms with E-state index in [-0.39, 0.29) is 12.1 Å². The lowest BCUT2D eigenvalue weighted by atomic mass is 9.33. The predicted octanol–water partition coefficient (Wildman–Crippen LogP) is 12.4. The number of para-hydroxylation sites is 3. The highest BCUT2D eigenvalue weighted by atomic mass is 16.5. The quantitative estimate of drug-likeness (QED) is 0.165. The summed E-state index contributed by atoms with van der Waals surface area (Å²) in [6.07, 6.45) is 0.830. The van der Waals surface area contributed by atoms with Gasteiger partial charge in [-0.1, -0.05) is 99.6 Å². The maximum Gasteiger partial charge on any atom is 0.252 e. The van der Waals surface area contributed by atoms with Crippen molar-refractivity contribution >= 4 is 79.2 Å². The van der Waals surface area contributed by atoms with Gasteiger partial charge in [-0.15, -0.1) is 0 Å². The molecule has 0 fully saturated rings. The summed E-state index contributed by atoms with van der Waals surface area (Å²) < 4.78 is 25.9. The van der Waals surface area contributed by atoms with Gasteiger partial charge in [0.15, 0.2) is 11.5 Å². The fourth-order valence-corrected chi connectivity index (χ4v) is 9.69. The molecule has 7 aromatic carbocycles. The van der Waals surface area contributed by atoms with Gasteiger partial charge in [-0.3, -0.25) is 0 Å². The summed E-state index contributed by atoms with van der Waals surface area (Å²) in [5.74, 6) is 3.23. The third kappa shape index (κ3) is 5.71. The maximum absolute atomic E-state index is 6.57. The molecule has 9 aromatic rings. The Hall–Kier alpha value is -7.12. The summed E-state index contributed by atoms with van der Waals surface area (Å²) in [5.41, 5.74) is 16.4. The zero-order chi connectivity index (χ0) is 41.0. The normalized spacial score (nSPS) is 14.2. The predicted molar refractivity (Wildman–Crippen MR) is 250 cm³/mol. The van der Waals surface area contributed by atoms with Crippen LogP contribution in [0.25, 0.3) is 44.6 Å². The summed E-state index contributed by atoms with van der Waals surface area (Å²) >= 11 is 0. The molecule has 0 atom stereocenters. The lowest BCUT2D eigenvalue weighted by Gasteiger charge is -2.45. The van der Waals surface area contributed by atoms with Crippen molar-refractivity contribution in [3.05, 3.63) is 163 Å². The highest BCUT2D eigenvalue weighted by Gasteiger charge is 2.44. The average molecular weight is 795 g/mol. The van der Waals surface area contributed by atoms with Gasteiger partial charge in [-0.05, 0) is 113 Å². The van der Waals surface area contributed by atoms with Crippen LogP contribution < -0.4 is 35.7 Å². The molecule has 0 bridgehead atoms. The Morgan fingerprint density at radius 2 is 1.21 bits per heavy atom. The van der Waals surface area contributed by atoms with Gasteiger partial charge in [0.25, 0.3) is 6.71 Å². The van der Waals surface area contributed by atoms with Gasteiger partial charge in [0.1, 0.15) is 22.7 Å². The SMILES string of the molecule is Cc1cc2c3c(c1)N(c1cccc4c1OCCCO4)c1ccc(C(C)(C)C)cc1B3c1ccc(-c3cc4ccccc4o3)cc1N2c1cccc(-c2cc3ccccc3o2)c1. The van der Waals surface area contributed by atoms with Crippen molar-refractivity contribution in [1.29, 1.82) is 0 Å². The third-order valence-corrected chi connectivity index (χ3v) is 12.6. The second kappa shape index (κ2) is 13.4. The van der Waals surface area contributed by atoms with Crippen LogP contribution in [0.2, 0.25) is 0 Å². The molecule has 0 unspecified atom stereocenters. The molecule has 296 valence electrons. The number of hydrogen-bond acceptors (Lipinski definition) is 6. The molecule has 61 heavy (non-hydrogen) atoms. The van der Waals surface area contributed by atoms with E-state index in [2.05, 4.69) is 159 Å². The Kier molecular flexibility index (Phi) is 7.89. The largest absolute Gasteiger partial charge is 0.489 e. The Morgan fingerprint density at radius 3 is 1.95 bits per heavy atom. The summed E-state index contributed by atoms with van der Waals surface area (Å²) in [7, 11) is 0. The fraction of sp³-hybridized carbons (Fsp3) is 0.148. The molecule has 12 rings (SSSR count). The van der Waals surface area contributed by atoms with Crippen LogP contribution in [-0.4, -0.2) is 19.9 Å². The molecule has 3 aliphatic rings. The first kappa shape index (κ1) is 35.8. The van der Waals surface area contributed by atoms with E-state index >= 15 is 0 Å². The van der Waals surface area contributed by atoms with Crippen LogP contribution in [0.15, 0.2) is 160 Å². The van der Waals surface area contributed by atoms with Crippen molar-refractivity contribution in [2.24, 2.45) is 0 Å². The number of aryl methyl sites for hydroxylation is 1. The molecule has 3 aliphatic heterocycles. The minimum absolute atomic E-state index is 0.0619. The number of ether oxygens (including phenoxy) is 2. The highest BCUT2D eigenvalue weighted by Crippen LogP contribution is 2.50. The van der Waals surface area contributed by atoms with Crippen molar-refractivity contribution in [2.75, 3.05) is 23.0 Å². The molecule has 5 heterocycles. The standard InChI is InChI=1S/C54H43BN2O4/c1-33-26-45-52-46(27-33)57(43-16-10-19-49-53(43)59-25-11-24-58-49)42-23-21-38(54(2,3)4)32-41(42)55(52)40-22-20-37(51-31-36-13-6-8-18-48(36)61-51)29-44(40)56(45)39-15-9-14-34(28-39)50-30-35-12-5-7-17-47(35)60-50/h5-10,12-23,26-32H,11,24-25H2,1-4H3. The van der Waals surface area contributed by atoms with Gasteiger partial charge in [0.2, 0.25) is 0 Å². The van der Waals surface area contributed by atoms with Crippen LogP contribution in [-0.2, 0) is 5.41 Å². The topological polar surface area (TPSA) is 51.2 Å².